The number of benzene rings is 2. The second-order valence-corrected chi connectivity index (χ2v) is 8.27. The van der Waals surface area contributed by atoms with E-state index in [0.717, 1.165) is 28.0 Å². The molecule has 3 N–H and O–H groups in total. The number of carbonyl (C=O) groups excluding carboxylic acids is 1. The van der Waals surface area contributed by atoms with Crippen LogP contribution < -0.4 is 10.6 Å². The van der Waals surface area contributed by atoms with Crippen LogP contribution >= 0.6 is 0 Å². The van der Waals surface area contributed by atoms with Gasteiger partial charge in [0.1, 0.15) is 12.6 Å². The molecule has 162 valence electrons. The molecular weight excluding hydrogens is 404 g/mol. The first-order valence-electron chi connectivity index (χ1n) is 10.8. The fourth-order valence-electron chi connectivity index (χ4n) is 4.75. The zero-order valence-corrected chi connectivity index (χ0v) is 17.4. The lowest BCUT2D eigenvalue weighted by Crippen LogP contribution is -2.42. The molecule has 0 saturated carbocycles. The highest BCUT2D eigenvalue weighted by atomic mass is 16.5. The molecule has 2 aromatic carbocycles. The predicted octanol–water partition coefficient (Wildman–Crippen LogP) is 3.97. The highest BCUT2D eigenvalue weighted by Gasteiger charge is 2.31. The minimum atomic E-state index is -1.10. The first-order chi connectivity index (χ1) is 15.6. The maximum absolute atomic E-state index is 12.5. The van der Waals surface area contributed by atoms with Crippen LogP contribution in [0.2, 0.25) is 0 Å². The van der Waals surface area contributed by atoms with Crippen molar-refractivity contribution >= 4 is 12.1 Å². The van der Waals surface area contributed by atoms with Crippen molar-refractivity contribution in [2.24, 2.45) is 5.92 Å². The quantitative estimate of drug-likeness (QED) is 0.648. The summed E-state index contributed by atoms with van der Waals surface area (Å²) < 4.78 is 5.50. The maximum Gasteiger partial charge on any atom is 0.407 e. The van der Waals surface area contributed by atoms with Crippen molar-refractivity contribution < 1.29 is 19.4 Å². The molecule has 2 aromatic rings. The number of fused-ring (bicyclic) bond motifs is 4. The van der Waals surface area contributed by atoms with E-state index < -0.39 is 18.1 Å². The summed E-state index contributed by atoms with van der Waals surface area (Å²) in [5.41, 5.74) is 5.32. The van der Waals surface area contributed by atoms with Crippen LogP contribution in [0.15, 0.2) is 84.6 Å². The van der Waals surface area contributed by atoms with Crippen LogP contribution in [0.1, 0.15) is 23.5 Å². The third-order valence-electron chi connectivity index (χ3n) is 6.28. The highest BCUT2D eigenvalue weighted by molar-refractivity contribution is 5.81. The molecular formula is C26H24N2O4. The Morgan fingerprint density at radius 2 is 1.66 bits per heavy atom. The van der Waals surface area contributed by atoms with Gasteiger partial charge >= 0.3 is 12.1 Å². The van der Waals surface area contributed by atoms with Gasteiger partial charge in [-0.15, -0.1) is 0 Å². The summed E-state index contributed by atoms with van der Waals surface area (Å²) in [6.07, 6.45) is 9.52. The van der Waals surface area contributed by atoms with Crippen LogP contribution in [0.25, 0.3) is 11.1 Å². The van der Waals surface area contributed by atoms with Crippen LogP contribution in [-0.4, -0.2) is 35.9 Å². The molecule has 32 heavy (non-hydrogen) atoms. The van der Waals surface area contributed by atoms with Gasteiger partial charge in [0.25, 0.3) is 0 Å². The molecule has 0 saturated heterocycles. The smallest absolute Gasteiger partial charge is 0.407 e. The number of allylic oxidation sites excluding steroid dienone is 2. The monoisotopic (exact) mass is 428 g/mol. The molecule has 1 heterocycles. The molecule has 0 fully saturated rings. The second-order valence-electron chi connectivity index (χ2n) is 8.27. The van der Waals surface area contributed by atoms with E-state index in [4.69, 9.17) is 4.74 Å². The lowest BCUT2D eigenvalue weighted by atomic mass is 9.98. The van der Waals surface area contributed by atoms with Gasteiger partial charge in [-0.2, -0.15) is 0 Å². The molecule has 1 aliphatic heterocycles. The maximum atomic E-state index is 12.5. The number of ether oxygens (including phenoxy) is 1. The molecule has 2 unspecified atom stereocenters. The Morgan fingerprint density at radius 1 is 1.00 bits per heavy atom. The number of amides is 1. The Labute approximate surface area is 186 Å². The van der Waals surface area contributed by atoms with E-state index in [1.165, 1.54) is 0 Å². The Kier molecular flexibility index (Phi) is 5.27. The molecule has 5 rings (SSSR count). The fraction of sp³-hybridized carbons (Fsp3) is 0.231. The third-order valence-corrected chi connectivity index (χ3v) is 6.28. The fourth-order valence-corrected chi connectivity index (χ4v) is 4.75. The lowest BCUT2D eigenvalue weighted by molar-refractivity contribution is -0.139. The van der Waals surface area contributed by atoms with E-state index in [9.17, 15) is 14.7 Å². The molecule has 3 atom stereocenters. The number of hydrogen-bond acceptors (Lipinski definition) is 4. The lowest BCUT2D eigenvalue weighted by Gasteiger charge is -2.19. The molecule has 6 heteroatoms. The summed E-state index contributed by atoms with van der Waals surface area (Å²) in [4.78, 5) is 24.3. The standard InChI is InChI=1S/C26H24N2O4/c29-25(30)24(14-17-13-16-7-1-6-12-23(16)27-17)28-26(31)32-15-22-20-10-4-2-8-18(20)19-9-3-5-11-21(19)22/h1-13,16,22-24,27H,14-15H2,(H,28,31)(H,29,30)/t16?,23?,24-/m1/s1. The van der Waals surface area contributed by atoms with Gasteiger partial charge in [-0.25, -0.2) is 9.59 Å². The van der Waals surface area contributed by atoms with Crippen LogP contribution in [0, 0.1) is 5.92 Å². The first kappa shape index (κ1) is 20.1. The zero-order valence-electron chi connectivity index (χ0n) is 17.4. The molecule has 0 aromatic heterocycles. The molecule has 1 amide bonds. The summed E-state index contributed by atoms with van der Waals surface area (Å²) in [6.45, 7) is 0.146. The van der Waals surface area contributed by atoms with E-state index in [-0.39, 0.29) is 30.9 Å². The SMILES string of the molecule is O=C(N[C@H](CC1=CC2C=CC=CC2N1)C(=O)O)OCC1c2ccccc2-c2ccccc21. The van der Waals surface area contributed by atoms with Gasteiger partial charge in [-0.3, -0.25) is 0 Å². The van der Waals surface area contributed by atoms with Crippen molar-refractivity contribution in [2.45, 2.75) is 24.4 Å². The summed E-state index contributed by atoms with van der Waals surface area (Å²) in [5.74, 6) is -0.960. The Morgan fingerprint density at radius 3 is 2.31 bits per heavy atom. The predicted molar refractivity (Wildman–Crippen MR) is 121 cm³/mol. The van der Waals surface area contributed by atoms with Crippen LogP contribution in [0.4, 0.5) is 4.79 Å². The number of carboxylic acids is 1. The Balaban J connectivity index is 1.23. The van der Waals surface area contributed by atoms with Gasteiger partial charge in [0.05, 0.1) is 6.04 Å². The number of aliphatic carboxylic acids is 1. The molecule has 0 radical (unpaired) electrons. The van der Waals surface area contributed by atoms with Crippen molar-refractivity contribution in [2.75, 3.05) is 6.61 Å². The average Bonchev–Trinajstić information content (AvgIpc) is 3.35. The van der Waals surface area contributed by atoms with Gasteiger partial charge < -0.3 is 20.5 Å². The van der Waals surface area contributed by atoms with Gasteiger partial charge in [0.15, 0.2) is 0 Å². The first-order valence-corrected chi connectivity index (χ1v) is 10.8. The van der Waals surface area contributed by atoms with Crippen molar-refractivity contribution in [1.29, 1.82) is 0 Å². The van der Waals surface area contributed by atoms with E-state index in [1.54, 1.807) is 0 Å². The van der Waals surface area contributed by atoms with Crippen LogP contribution in [0.3, 0.4) is 0 Å². The number of carbonyl (C=O) groups is 2. The number of nitrogens with one attached hydrogen (secondary N) is 2. The summed E-state index contributed by atoms with van der Waals surface area (Å²) in [6, 6.07) is 15.2. The molecule has 6 nitrogen and oxygen atoms in total. The highest BCUT2D eigenvalue weighted by Crippen LogP contribution is 2.44. The van der Waals surface area contributed by atoms with Gasteiger partial charge in [0, 0.05) is 24.0 Å². The number of carboxylic acid groups (broad SMARTS) is 1. The Bertz CT molecular complexity index is 1100. The van der Waals surface area contributed by atoms with Crippen molar-refractivity contribution in [1.82, 2.24) is 10.6 Å². The van der Waals surface area contributed by atoms with E-state index in [2.05, 4.69) is 28.8 Å². The topological polar surface area (TPSA) is 87.7 Å². The normalized spacial score (nSPS) is 21.1. The summed E-state index contributed by atoms with van der Waals surface area (Å²) in [7, 11) is 0. The van der Waals surface area contributed by atoms with Gasteiger partial charge in [-0.05, 0) is 22.3 Å². The molecule has 3 aliphatic rings. The van der Waals surface area contributed by atoms with Crippen molar-refractivity contribution in [3.05, 3.63) is 95.7 Å². The molecule has 2 aliphatic carbocycles. The van der Waals surface area contributed by atoms with Gasteiger partial charge in [-0.1, -0.05) is 78.9 Å². The minimum Gasteiger partial charge on any atom is -0.480 e. The summed E-state index contributed by atoms with van der Waals surface area (Å²) >= 11 is 0. The number of rotatable bonds is 6. The zero-order chi connectivity index (χ0) is 22.1. The average molecular weight is 428 g/mol. The minimum absolute atomic E-state index is 0.0719. The van der Waals surface area contributed by atoms with E-state index in [0.29, 0.717) is 0 Å². The largest absolute Gasteiger partial charge is 0.480 e. The molecule has 0 spiro atoms. The van der Waals surface area contributed by atoms with Gasteiger partial charge in [0.2, 0.25) is 0 Å². The Hall–Kier alpha value is -3.80. The van der Waals surface area contributed by atoms with E-state index in [1.807, 2.05) is 60.7 Å². The number of hydrogen-bond donors (Lipinski definition) is 3. The van der Waals surface area contributed by atoms with E-state index >= 15 is 0 Å². The van der Waals surface area contributed by atoms with Crippen LogP contribution in [-0.2, 0) is 9.53 Å². The van der Waals surface area contributed by atoms with Crippen LogP contribution in [0.5, 0.6) is 0 Å². The van der Waals surface area contributed by atoms with Crippen molar-refractivity contribution in [3.8, 4) is 11.1 Å². The molecule has 0 bridgehead atoms. The summed E-state index contributed by atoms with van der Waals surface area (Å²) in [5, 5.41) is 15.5. The second kappa shape index (κ2) is 8.38. The number of alkyl carbamates (subject to hydrolysis) is 1. The van der Waals surface area contributed by atoms with Crippen molar-refractivity contribution in [3.63, 3.8) is 0 Å². The third kappa shape index (κ3) is 3.80.